The van der Waals surface area contributed by atoms with Crippen LogP contribution >= 0.6 is 31.9 Å². The van der Waals surface area contributed by atoms with Gasteiger partial charge in [-0.15, -0.1) is 0 Å². The van der Waals surface area contributed by atoms with Gasteiger partial charge in [-0.05, 0) is 43.5 Å². The van der Waals surface area contributed by atoms with Crippen molar-refractivity contribution in [1.82, 2.24) is 0 Å². The Morgan fingerprint density at radius 1 is 1.23 bits per heavy atom. The molecule has 0 heterocycles. The van der Waals surface area contributed by atoms with Gasteiger partial charge in [0, 0.05) is 15.0 Å². The van der Waals surface area contributed by atoms with E-state index >= 15 is 0 Å². The molecule has 1 aromatic carbocycles. The van der Waals surface area contributed by atoms with E-state index in [0.717, 1.165) is 21.8 Å². The van der Waals surface area contributed by atoms with Gasteiger partial charge in [-0.3, -0.25) is 0 Å². The standard InChI is InChI=1S/C10H13Br2N/c1-7(13)2-3-8-4-9(11)6-10(12)5-8/h4-7H,2-3,13H2,1H3/t7-/m0/s1. The zero-order chi connectivity index (χ0) is 9.84. The van der Waals surface area contributed by atoms with Crippen LogP contribution in [0, 0.1) is 0 Å². The fourth-order valence-electron chi connectivity index (χ4n) is 1.15. The van der Waals surface area contributed by atoms with Crippen LogP contribution in [0.1, 0.15) is 18.9 Å². The number of rotatable bonds is 3. The zero-order valence-electron chi connectivity index (χ0n) is 7.56. The number of benzene rings is 1. The maximum atomic E-state index is 5.69. The van der Waals surface area contributed by atoms with Crippen molar-refractivity contribution in [2.75, 3.05) is 0 Å². The van der Waals surface area contributed by atoms with Crippen molar-refractivity contribution in [1.29, 1.82) is 0 Å². The molecule has 0 bridgehead atoms. The Hall–Kier alpha value is 0.140. The van der Waals surface area contributed by atoms with Gasteiger partial charge >= 0.3 is 0 Å². The number of hydrogen-bond acceptors (Lipinski definition) is 1. The summed E-state index contributed by atoms with van der Waals surface area (Å²) in [5.74, 6) is 0. The highest BCUT2D eigenvalue weighted by Crippen LogP contribution is 2.21. The molecule has 2 N–H and O–H groups in total. The first-order chi connectivity index (χ1) is 6.08. The smallest absolute Gasteiger partial charge is 0.0189 e. The predicted octanol–water partition coefficient (Wildman–Crippen LogP) is 3.49. The lowest BCUT2D eigenvalue weighted by Crippen LogP contribution is -2.15. The number of nitrogens with two attached hydrogens (primary N) is 1. The van der Waals surface area contributed by atoms with Crippen molar-refractivity contribution in [2.24, 2.45) is 5.73 Å². The van der Waals surface area contributed by atoms with Gasteiger partial charge in [0.15, 0.2) is 0 Å². The molecule has 0 radical (unpaired) electrons. The van der Waals surface area contributed by atoms with Crippen LogP contribution in [0.4, 0.5) is 0 Å². The summed E-state index contributed by atoms with van der Waals surface area (Å²) in [6.45, 7) is 2.03. The van der Waals surface area contributed by atoms with Crippen molar-refractivity contribution in [3.63, 3.8) is 0 Å². The minimum absolute atomic E-state index is 0.276. The summed E-state index contributed by atoms with van der Waals surface area (Å²) in [7, 11) is 0. The van der Waals surface area contributed by atoms with Crippen LogP contribution in [0.2, 0.25) is 0 Å². The molecular weight excluding hydrogens is 294 g/mol. The summed E-state index contributed by atoms with van der Waals surface area (Å²) < 4.78 is 2.23. The molecule has 0 aliphatic heterocycles. The van der Waals surface area contributed by atoms with Crippen LogP contribution in [-0.2, 0) is 6.42 Å². The lowest BCUT2D eigenvalue weighted by Gasteiger charge is -2.05. The first kappa shape index (κ1) is 11.2. The second kappa shape index (κ2) is 5.13. The highest BCUT2D eigenvalue weighted by molar-refractivity contribution is 9.11. The van der Waals surface area contributed by atoms with Gasteiger partial charge in [-0.1, -0.05) is 31.9 Å². The minimum Gasteiger partial charge on any atom is -0.328 e. The van der Waals surface area contributed by atoms with E-state index < -0.39 is 0 Å². The van der Waals surface area contributed by atoms with Gasteiger partial charge in [-0.2, -0.15) is 0 Å². The molecule has 0 aliphatic rings. The Kier molecular flexibility index (Phi) is 4.42. The molecule has 1 nitrogen and oxygen atoms in total. The Morgan fingerprint density at radius 2 is 1.77 bits per heavy atom. The summed E-state index contributed by atoms with van der Waals surface area (Å²) in [5, 5.41) is 0. The van der Waals surface area contributed by atoms with Crippen LogP contribution in [0.5, 0.6) is 0 Å². The molecule has 1 aromatic rings. The van der Waals surface area contributed by atoms with Crippen LogP contribution in [0.25, 0.3) is 0 Å². The monoisotopic (exact) mass is 305 g/mol. The highest BCUT2D eigenvalue weighted by Gasteiger charge is 1.99. The van der Waals surface area contributed by atoms with Crippen LogP contribution < -0.4 is 5.73 Å². The Labute approximate surface area is 96.0 Å². The number of hydrogen-bond donors (Lipinski definition) is 1. The molecule has 0 amide bonds. The van der Waals surface area contributed by atoms with E-state index in [4.69, 9.17) is 5.73 Å². The SMILES string of the molecule is C[C@H](N)CCc1cc(Br)cc(Br)c1. The largest absolute Gasteiger partial charge is 0.328 e. The van der Waals surface area contributed by atoms with E-state index in [9.17, 15) is 0 Å². The number of aryl methyl sites for hydroxylation is 1. The Morgan fingerprint density at radius 3 is 2.23 bits per heavy atom. The molecule has 0 aromatic heterocycles. The maximum Gasteiger partial charge on any atom is 0.0189 e. The lowest BCUT2D eigenvalue weighted by molar-refractivity contribution is 0.666. The molecule has 72 valence electrons. The fraction of sp³-hybridized carbons (Fsp3) is 0.400. The predicted molar refractivity (Wildman–Crippen MR) is 63.8 cm³/mol. The van der Waals surface area contributed by atoms with Crippen LogP contribution in [-0.4, -0.2) is 6.04 Å². The molecule has 0 saturated heterocycles. The molecule has 0 saturated carbocycles. The summed E-state index contributed by atoms with van der Waals surface area (Å²) in [5.41, 5.74) is 7.01. The van der Waals surface area contributed by atoms with E-state index in [1.165, 1.54) is 5.56 Å². The van der Waals surface area contributed by atoms with Crippen LogP contribution in [0.15, 0.2) is 27.1 Å². The molecule has 1 rings (SSSR count). The molecule has 3 heteroatoms. The summed E-state index contributed by atoms with van der Waals surface area (Å²) in [6, 6.07) is 6.58. The second-order valence-corrected chi connectivity index (χ2v) is 5.13. The molecule has 1 atom stereocenters. The summed E-state index contributed by atoms with van der Waals surface area (Å²) in [4.78, 5) is 0. The first-order valence-electron chi connectivity index (χ1n) is 4.28. The Bertz CT molecular complexity index is 264. The maximum absolute atomic E-state index is 5.69. The van der Waals surface area contributed by atoms with E-state index in [-0.39, 0.29) is 6.04 Å². The molecule has 13 heavy (non-hydrogen) atoms. The van der Waals surface area contributed by atoms with Gasteiger partial charge in [0.1, 0.15) is 0 Å². The van der Waals surface area contributed by atoms with Crippen molar-refractivity contribution < 1.29 is 0 Å². The van der Waals surface area contributed by atoms with Gasteiger partial charge in [-0.25, -0.2) is 0 Å². The molecule has 0 unspecified atom stereocenters. The molecule has 0 aliphatic carbocycles. The average molecular weight is 307 g/mol. The van der Waals surface area contributed by atoms with Crippen molar-refractivity contribution >= 4 is 31.9 Å². The Balaban J connectivity index is 2.66. The van der Waals surface area contributed by atoms with Crippen molar-refractivity contribution in [3.05, 3.63) is 32.7 Å². The zero-order valence-corrected chi connectivity index (χ0v) is 10.7. The summed E-state index contributed by atoms with van der Waals surface area (Å²) in [6.07, 6.45) is 2.07. The van der Waals surface area contributed by atoms with Crippen LogP contribution in [0.3, 0.4) is 0 Å². The average Bonchev–Trinajstić information content (AvgIpc) is 1.99. The fourth-order valence-corrected chi connectivity index (χ4v) is 2.54. The van der Waals surface area contributed by atoms with Gasteiger partial charge < -0.3 is 5.73 Å². The van der Waals surface area contributed by atoms with E-state index in [0.29, 0.717) is 0 Å². The quantitative estimate of drug-likeness (QED) is 0.909. The third-order valence-electron chi connectivity index (χ3n) is 1.81. The van der Waals surface area contributed by atoms with Gasteiger partial charge in [0.05, 0.1) is 0 Å². The topological polar surface area (TPSA) is 26.0 Å². The van der Waals surface area contributed by atoms with Gasteiger partial charge in [0.25, 0.3) is 0 Å². The minimum atomic E-state index is 0.276. The van der Waals surface area contributed by atoms with Gasteiger partial charge in [0.2, 0.25) is 0 Å². The second-order valence-electron chi connectivity index (χ2n) is 3.29. The highest BCUT2D eigenvalue weighted by atomic mass is 79.9. The summed E-state index contributed by atoms with van der Waals surface area (Å²) >= 11 is 6.92. The molecule has 0 fully saturated rings. The molecular formula is C10H13Br2N. The third-order valence-corrected chi connectivity index (χ3v) is 2.73. The lowest BCUT2D eigenvalue weighted by atomic mass is 10.1. The van der Waals surface area contributed by atoms with Crippen molar-refractivity contribution in [2.45, 2.75) is 25.8 Å². The number of halogens is 2. The normalized spacial score (nSPS) is 12.9. The van der Waals surface area contributed by atoms with E-state index in [2.05, 4.69) is 44.0 Å². The third kappa shape index (κ3) is 4.25. The molecule has 0 spiro atoms. The van der Waals surface area contributed by atoms with E-state index in [1.54, 1.807) is 0 Å². The first-order valence-corrected chi connectivity index (χ1v) is 5.87. The van der Waals surface area contributed by atoms with E-state index in [1.807, 2.05) is 13.0 Å². The van der Waals surface area contributed by atoms with Crippen molar-refractivity contribution in [3.8, 4) is 0 Å².